The number of hydrogen-bond acceptors (Lipinski definition) is 3. The Balaban J connectivity index is 2.21. The number of nitrogens with two attached hydrogens (primary N) is 1. The molecule has 1 aliphatic carbocycles. The van der Waals surface area contributed by atoms with Crippen LogP contribution in [0, 0.1) is 0 Å². The molecule has 0 saturated carbocycles. The molecule has 1 atom stereocenters. The molecule has 14 heavy (non-hydrogen) atoms. The lowest BCUT2D eigenvalue weighted by molar-refractivity contribution is 0.708. The fraction of sp³-hybridized carbons (Fsp3) is 0.182. The second-order valence-electron chi connectivity index (χ2n) is 3.64. The lowest BCUT2D eigenvalue weighted by atomic mass is 9.82. The van der Waals surface area contributed by atoms with E-state index in [-0.39, 0.29) is 5.54 Å². The molecule has 3 N–H and O–H groups in total. The smallest absolute Gasteiger partial charge is 0.146 e. The second kappa shape index (κ2) is 2.38. The Kier molecular flexibility index (Phi) is 1.29. The van der Waals surface area contributed by atoms with Crippen molar-refractivity contribution in [3.8, 4) is 0 Å². The average Bonchev–Trinajstić information content (AvgIpc) is 2.51. The lowest BCUT2D eigenvalue weighted by Crippen LogP contribution is -2.33. The van der Waals surface area contributed by atoms with Gasteiger partial charge < -0.3 is 11.1 Å². The summed E-state index contributed by atoms with van der Waals surface area (Å²) in [5.41, 5.74) is 7.75. The maximum Gasteiger partial charge on any atom is 0.146 e. The Labute approximate surface area is 82.4 Å². The molecule has 0 aromatic heterocycles. The quantitative estimate of drug-likeness (QED) is 0.591. The number of nitrogens with zero attached hydrogens (tertiary/aromatic N) is 1. The number of allylic oxidation sites excluding steroid dienone is 3. The minimum Gasteiger partial charge on any atom is -0.385 e. The molecule has 2 aliphatic heterocycles. The predicted octanol–water partition coefficient (Wildman–Crippen LogP) is 0.983. The molecule has 1 spiro atoms. The SMILES string of the molecule is NC1=CC23N=CC=CC2=CCC=C3N1. The maximum atomic E-state index is 5.78. The third-order valence-electron chi connectivity index (χ3n) is 2.79. The fourth-order valence-electron chi connectivity index (χ4n) is 2.18. The monoisotopic (exact) mass is 185 g/mol. The van der Waals surface area contributed by atoms with Crippen molar-refractivity contribution in [2.24, 2.45) is 10.7 Å². The van der Waals surface area contributed by atoms with Crippen LogP contribution in [0.25, 0.3) is 0 Å². The van der Waals surface area contributed by atoms with E-state index in [4.69, 9.17) is 5.73 Å². The van der Waals surface area contributed by atoms with Gasteiger partial charge in [-0.2, -0.15) is 0 Å². The van der Waals surface area contributed by atoms with Gasteiger partial charge in [0, 0.05) is 11.9 Å². The molecule has 3 aliphatic rings. The molecule has 3 nitrogen and oxygen atoms in total. The fourth-order valence-corrected chi connectivity index (χ4v) is 2.18. The molecular weight excluding hydrogens is 174 g/mol. The van der Waals surface area contributed by atoms with E-state index in [9.17, 15) is 0 Å². The van der Waals surface area contributed by atoms with Crippen LogP contribution < -0.4 is 11.1 Å². The van der Waals surface area contributed by atoms with Crippen LogP contribution in [0.2, 0.25) is 0 Å². The highest BCUT2D eigenvalue weighted by Gasteiger charge is 2.41. The molecule has 0 aromatic carbocycles. The number of rotatable bonds is 0. The third-order valence-corrected chi connectivity index (χ3v) is 2.79. The van der Waals surface area contributed by atoms with E-state index in [1.165, 1.54) is 5.57 Å². The van der Waals surface area contributed by atoms with Gasteiger partial charge in [0.05, 0.1) is 5.82 Å². The molecule has 0 amide bonds. The molecule has 0 radical (unpaired) electrons. The summed E-state index contributed by atoms with van der Waals surface area (Å²) in [6.45, 7) is 0. The number of dihydropyridines is 1. The zero-order valence-corrected chi connectivity index (χ0v) is 7.70. The summed E-state index contributed by atoms with van der Waals surface area (Å²) in [5, 5.41) is 3.16. The van der Waals surface area contributed by atoms with Gasteiger partial charge in [-0.3, -0.25) is 4.99 Å². The van der Waals surface area contributed by atoms with Crippen molar-refractivity contribution in [3.63, 3.8) is 0 Å². The van der Waals surface area contributed by atoms with Crippen molar-refractivity contribution in [1.29, 1.82) is 0 Å². The van der Waals surface area contributed by atoms with E-state index in [1.54, 1.807) is 0 Å². The van der Waals surface area contributed by atoms with Crippen LogP contribution in [0.1, 0.15) is 6.42 Å². The largest absolute Gasteiger partial charge is 0.385 e. The van der Waals surface area contributed by atoms with Crippen LogP contribution in [0.15, 0.2) is 52.5 Å². The van der Waals surface area contributed by atoms with Crippen LogP contribution in [-0.4, -0.2) is 11.8 Å². The summed E-state index contributed by atoms with van der Waals surface area (Å²) in [6, 6.07) is 0. The van der Waals surface area contributed by atoms with Crippen LogP contribution in [0.5, 0.6) is 0 Å². The summed E-state index contributed by atoms with van der Waals surface area (Å²) < 4.78 is 0. The Morgan fingerprint density at radius 2 is 2.36 bits per heavy atom. The molecule has 2 heterocycles. The molecule has 70 valence electrons. The Bertz CT molecular complexity index is 437. The average molecular weight is 185 g/mol. The molecule has 0 fully saturated rings. The lowest BCUT2D eigenvalue weighted by Gasteiger charge is -2.30. The van der Waals surface area contributed by atoms with E-state index in [0.29, 0.717) is 5.82 Å². The van der Waals surface area contributed by atoms with E-state index in [1.807, 2.05) is 18.4 Å². The van der Waals surface area contributed by atoms with Gasteiger partial charge in [-0.15, -0.1) is 0 Å². The summed E-state index contributed by atoms with van der Waals surface area (Å²) in [7, 11) is 0. The zero-order chi connectivity index (χ0) is 9.60. The molecule has 0 bridgehead atoms. The van der Waals surface area contributed by atoms with Crippen molar-refractivity contribution < 1.29 is 0 Å². The van der Waals surface area contributed by atoms with E-state index in [2.05, 4.69) is 28.5 Å². The first-order valence-corrected chi connectivity index (χ1v) is 4.70. The molecule has 3 rings (SSSR count). The van der Waals surface area contributed by atoms with Gasteiger partial charge in [-0.1, -0.05) is 18.2 Å². The van der Waals surface area contributed by atoms with Gasteiger partial charge in [0.1, 0.15) is 5.54 Å². The van der Waals surface area contributed by atoms with Crippen molar-refractivity contribution in [2.45, 2.75) is 12.0 Å². The zero-order valence-electron chi connectivity index (χ0n) is 7.70. The molecule has 0 saturated heterocycles. The standard InChI is InChI=1S/C11H11N3/c12-10-7-11-8(4-2-6-13-11)3-1-5-9(11)14-10/h2-7,14H,1,12H2. The topological polar surface area (TPSA) is 50.4 Å². The summed E-state index contributed by atoms with van der Waals surface area (Å²) >= 11 is 0. The van der Waals surface area contributed by atoms with Crippen molar-refractivity contribution in [3.05, 3.63) is 47.5 Å². The Hall–Kier alpha value is -1.77. The normalized spacial score (nSPS) is 32.4. The van der Waals surface area contributed by atoms with Gasteiger partial charge in [-0.05, 0) is 24.1 Å². The van der Waals surface area contributed by atoms with Gasteiger partial charge in [0.25, 0.3) is 0 Å². The van der Waals surface area contributed by atoms with Crippen molar-refractivity contribution in [2.75, 3.05) is 0 Å². The van der Waals surface area contributed by atoms with Gasteiger partial charge in [-0.25, -0.2) is 0 Å². The Morgan fingerprint density at radius 1 is 1.43 bits per heavy atom. The van der Waals surface area contributed by atoms with Crippen LogP contribution in [0.3, 0.4) is 0 Å². The van der Waals surface area contributed by atoms with E-state index < -0.39 is 0 Å². The minimum absolute atomic E-state index is 0.336. The van der Waals surface area contributed by atoms with Gasteiger partial charge in [0.2, 0.25) is 0 Å². The third kappa shape index (κ3) is 0.789. The first-order valence-electron chi connectivity index (χ1n) is 4.70. The van der Waals surface area contributed by atoms with Crippen molar-refractivity contribution in [1.82, 2.24) is 5.32 Å². The maximum absolute atomic E-state index is 5.78. The summed E-state index contributed by atoms with van der Waals surface area (Å²) in [4.78, 5) is 4.53. The first kappa shape index (κ1) is 7.62. The van der Waals surface area contributed by atoms with Gasteiger partial charge >= 0.3 is 0 Å². The van der Waals surface area contributed by atoms with E-state index in [0.717, 1.165) is 12.1 Å². The summed E-state index contributed by atoms with van der Waals surface area (Å²) in [5.74, 6) is 0.691. The van der Waals surface area contributed by atoms with Crippen LogP contribution in [-0.2, 0) is 0 Å². The number of hydrogen-bond donors (Lipinski definition) is 2. The van der Waals surface area contributed by atoms with Crippen molar-refractivity contribution >= 4 is 6.21 Å². The highest BCUT2D eigenvalue weighted by Crippen LogP contribution is 2.40. The Morgan fingerprint density at radius 3 is 3.29 bits per heavy atom. The van der Waals surface area contributed by atoms with Crippen LogP contribution >= 0.6 is 0 Å². The van der Waals surface area contributed by atoms with Gasteiger partial charge in [0.15, 0.2) is 0 Å². The van der Waals surface area contributed by atoms with Crippen LogP contribution in [0.4, 0.5) is 0 Å². The highest BCUT2D eigenvalue weighted by molar-refractivity contribution is 5.78. The highest BCUT2D eigenvalue weighted by atomic mass is 15.1. The number of aliphatic imine (C=N–C) groups is 1. The summed E-state index contributed by atoms with van der Waals surface area (Å²) in [6.07, 6.45) is 13.1. The second-order valence-corrected chi connectivity index (χ2v) is 3.64. The number of nitrogens with one attached hydrogen (secondary N) is 1. The first-order chi connectivity index (χ1) is 6.81. The molecule has 3 heteroatoms. The molecule has 1 unspecified atom stereocenters. The van der Waals surface area contributed by atoms with E-state index >= 15 is 0 Å². The minimum atomic E-state index is -0.336. The molecule has 0 aromatic rings. The predicted molar refractivity (Wildman–Crippen MR) is 56.6 cm³/mol. The molecular formula is C11H11N3.